The summed E-state index contributed by atoms with van der Waals surface area (Å²) in [5.41, 5.74) is -5.26. The van der Waals surface area contributed by atoms with Gasteiger partial charge in [-0.3, -0.25) is 0 Å². The summed E-state index contributed by atoms with van der Waals surface area (Å²) >= 11 is 0. The maximum atomic E-state index is 14.0. The molecule has 0 radical (unpaired) electrons. The minimum Gasteiger partial charge on any atom is -0.218 e. The number of hydrogen-bond donors (Lipinski definition) is 0. The van der Waals surface area contributed by atoms with E-state index in [4.69, 9.17) is 28.8 Å². The highest BCUT2D eigenvalue weighted by molar-refractivity contribution is 7.92. The first-order valence-corrected chi connectivity index (χ1v) is 12.3. The second-order valence-electron chi connectivity index (χ2n) is 7.72. The number of fused-ring (bicyclic) bond motifs is 3. The van der Waals surface area contributed by atoms with Crippen molar-refractivity contribution in [1.82, 2.24) is 15.0 Å². The van der Waals surface area contributed by atoms with Crippen LogP contribution in [0.3, 0.4) is 0 Å². The molecular formula is C33H21N3O2S. The van der Waals surface area contributed by atoms with Crippen molar-refractivity contribution in [2.24, 2.45) is 0 Å². The molecular weight excluding hydrogens is 502 g/mol. The Morgan fingerprint density at radius 2 is 0.872 bits per heavy atom. The fourth-order valence-corrected chi connectivity index (χ4v) is 5.13. The average molecular weight is 545 g/mol. The van der Waals surface area contributed by atoms with Crippen LogP contribution in [0.1, 0.15) is 28.8 Å². The molecule has 0 atom stereocenters. The van der Waals surface area contributed by atoms with Gasteiger partial charge in [0, 0.05) is 27.8 Å². The van der Waals surface area contributed by atoms with E-state index in [2.05, 4.69) is 15.0 Å². The second-order valence-corrected chi connectivity index (χ2v) is 9.54. The zero-order valence-electron chi connectivity index (χ0n) is 40.1. The van der Waals surface area contributed by atoms with Gasteiger partial charge in [0.05, 0.1) is 38.6 Å². The van der Waals surface area contributed by atoms with Crippen molar-refractivity contribution < 1.29 is 37.2 Å². The van der Waals surface area contributed by atoms with Crippen LogP contribution in [0.4, 0.5) is 0 Å². The summed E-state index contributed by atoms with van der Waals surface area (Å²) in [6.07, 6.45) is 0. The van der Waals surface area contributed by atoms with Gasteiger partial charge >= 0.3 is 0 Å². The summed E-state index contributed by atoms with van der Waals surface area (Å²) in [7, 11) is -5.07. The molecule has 39 heavy (non-hydrogen) atoms. The van der Waals surface area contributed by atoms with Crippen molar-refractivity contribution >= 4 is 9.84 Å². The quantitative estimate of drug-likeness (QED) is 0.232. The maximum Gasteiger partial charge on any atom is 0.207 e. The maximum absolute atomic E-state index is 14.0. The van der Waals surface area contributed by atoms with Crippen molar-refractivity contribution in [3.63, 3.8) is 0 Å². The van der Waals surface area contributed by atoms with E-state index in [1.54, 1.807) is 0 Å². The second kappa shape index (κ2) is 9.11. The first-order chi connectivity index (χ1) is 27.8. The summed E-state index contributed by atoms with van der Waals surface area (Å²) in [6.45, 7) is 0. The molecule has 0 aliphatic carbocycles. The fourth-order valence-electron chi connectivity index (χ4n) is 3.66. The van der Waals surface area contributed by atoms with Crippen LogP contribution in [0.15, 0.2) is 137 Å². The largest absolute Gasteiger partial charge is 0.218 e. The number of sulfone groups is 1. The molecule has 5 nitrogen and oxygen atoms in total. The van der Waals surface area contributed by atoms with Crippen LogP contribution in [0.2, 0.25) is 0 Å². The van der Waals surface area contributed by atoms with Crippen LogP contribution < -0.4 is 0 Å². The van der Waals surface area contributed by atoms with Crippen molar-refractivity contribution in [3.05, 3.63) is 127 Å². The summed E-state index contributed by atoms with van der Waals surface area (Å²) in [6, 6.07) is -19.4. The van der Waals surface area contributed by atoms with Crippen LogP contribution in [0.25, 0.3) is 56.4 Å². The molecule has 0 spiro atoms. The normalized spacial score (nSPS) is 20.6. The molecule has 7 rings (SSSR count). The SMILES string of the molecule is [2H]c1c([2H])c([2H])c(-c2nc(-c3c([2H])c([2H])c(-c4c([2H])c([2H])c([2H])c([2H])c4[2H])c([2H])c3[2H])nc(-c3c([2H])c([2H])c4c(c3[2H])S(=O)(=O)c3c([2H])c([2H])c([2H])c([2H])c3-4)n2)c([2H])c1[2H]. The number of aromatic nitrogens is 3. The number of rotatable bonds is 4. The van der Waals surface area contributed by atoms with E-state index in [1.165, 1.54) is 0 Å². The van der Waals surface area contributed by atoms with Gasteiger partial charge in [0.2, 0.25) is 9.84 Å². The molecule has 0 unspecified atom stereocenters. The van der Waals surface area contributed by atoms with Gasteiger partial charge in [0.15, 0.2) is 17.5 Å². The Hall–Kier alpha value is -4.94. The minimum atomic E-state index is -5.07. The van der Waals surface area contributed by atoms with Gasteiger partial charge in [-0.25, -0.2) is 23.4 Å². The molecule has 6 aromatic rings. The Kier molecular flexibility index (Phi) is 2.33. The Balaban J connectivity index is 1.62. The monoisotopic (exact) mass is 544 g/mol. The lowest BCUT2D eigenvalue weighted by molar-refractivity contribution is 0.598. The summed E-state index contributed by atoms with van der Waals surface area (Å²) in [5.74, 6) is -2.66. The van der Waals surface area contributed by atoms with Crippen LogP contribution in [-0.4, -0.2) is 23.4 Å². The van der Waals surface area contributed by atoms with E-state index in [1.807, 2.05) is 0 Å². The summed E-state index contributed by atoms with van der Waals surface area (Å²) in [5, 5.41) is 0. The van der Waals surface area contributed by atoms with E-state index >= 15 is 0 Å². The zero-order chi connectivity index (χ0) is 44.7. The van der Waals surface area contributed by atoms with Crippen LogP contribution in [0.5, 0.6) is 0 Å². The highest BCUT2D eigenvalue weighted by Gasteiger charge is 2.33. The molecule has 1 aliphatic heterocycles. The van der Waals surface area contributed by atoms with Crippen molar-refractivity contribution in [2.75, 3.05) is 0 Å². The lowest BCUT2D eigenvalue weighted by Gasteiger charge is -2.10. The smallest absolute Gasteiger partial charge is 0.207 e. The summed E-state index contributed by atoms with van der Waals surface area (Å²) in [4.78, 5) is 10.4. The van der Waals surface area contributed by atoms with Gasteiger partial charge in [0.25, 0.3) is 0 Å². The van der Waals surface area contributed by atoms with Crippen LogP contribution >= 0.6 is 0 Å². The molecule has 5 aromatic carbocycles. The fraction of sp³-hybridized carbons (Fsp3) is 0. The average Bonchev–Trinajstić information content (AvgIpc) is 3.46. The van der Waals surface area contributed by atoms with Gasteiger partial charge in [-0.15, -0.1) is 0 Å². The van der Waals surface area contributed by atoms with Crippen molar-refractivity contribution in [2.45, 2.75) is 9.79 Å². The minimum absolute atomic E-state index is 0.673. The molecule has 186 valence electrons. The number of hydrogen-bond acceptors (Lipinski definition) is 5. The number of benzene rings is 5. The van der Waals surface area contributed by atoms with E-state index in [0.717, 1.165) is 0 Å². The molecule has 0 N–H and O–H groups in total. The van der Waals surface area contributed by atoms with Crippen LogP contribution in [0, 0.1) is 0 Å². The van der Waals surface area contributed by atoms with Crippen molar-refractivity contribution in [1.29, 1.82) is 0 Å². The zero-order valence-corrected chi connectivity index (χ0v) is 19.9. The van der Waals surface area contributed by atoms with Gasteiger partial charge < -0.3 is 0 Å². The predicted molar refractivity (Wildman–Crippen MR) is 152 cm³/mol. The molecule has 6 heteroatoms. The molecule has 1 aliphatic rings. The third kappa shape index (κ3) is 4.02. The van der Waals surface area contributed by atoms with Gasteiger partial charge in [-0.2, -0.15) is 0 Å². The van der Waals surface area contributed by atoms with Gasteiger partial charge in [0.1, 0.15) is 0 Å². The Labute approximate surface area is 255 Å². The Morgan fingerprint density at radius 3 is 1.54 bits per heavy atom. The van der Waals surface area contributed by atoms with E-state index < -0.39 is 203 Å². The first kappa shape index (κ1) is 9.98. The van der Waals surface area contributed by atoms with Crippen molar-refractivity contribution in [3.8, 4) is 56.4 Å². The van der Waals surface area contributed by atoms with E-state index in [-0.39, 0.29) is 0 Å². The lowest BCUT2D eigenvalue weighted by atomic mass is 10.0. The molecule has 1 aromatic heterocycles. The highest BCUT2D eigenvalue weighted by atomic mass is 32.2. The van der Waals surface area contributed by atoms with Gasteiger partial charge in [-0.1, -0.05) is 115 Å². The lowest BCUT2D eigenvalue weighted by Crippen LogP contribution is -2.01. The molecule has 0 bridgehead atoms. The molecule has 0 fully saturated rings. The van der Waals surface area contributed by atoms with E-state index in [0.29, 0.717) is 0 Å². The molecule has 0 saturated heterocycles. The molecule has 0 amide bonds. The Morgan fingerprint density at radius 1 is 0.436 bits per heavy atom. The third-order valence-corrected chi connectivity index (χ3v) is 7.09. The standard InChI is InChI=1S/C33H21N3O2S/c37-39(38)29-14-8-7-13-27(29)28-20-19-26(21-30(28)39)33-35-31(24-11-5-2-6-12-24)34-32(36-33)25-17-15-23(16-18-25)22-9-3-1-4-10-22/h1-21H/i1D,2D,3D,4D,5D,6D,7D,8D,9D,10D,11D,12D,13D,14D,15D,16D,17D,18D,19D,20D,21D. The highest BCUT2D eigenvalue weighted by Crippen LogP contribution is 2.44. The molecule has 0 saturated carbocycles. The van der Waals surface area contributed by atoms with Crippen LogP contribution in [-0.2, 0) is 9.84 Å². The number of nitrogens with zero attached hydrogens (tertiary/aromatic N) is 3. The summed E-state index contributed by atoms with van der Waals surface area (Å²) < 4.78 is 206. The molecule has 2 heterocycles. The topological polar surface area (TPSA) is 72.8 Å². The third-order valence-electron chi connectivity index (χ3n) is 5.40. The Bertz CT molecular complexity index is 3050. The van der Waals surface area contributed by atoms with E-state index in [9.17, 15) is 8.42 Å². The predicted octanol–water partition coefficient (Wildman–Crippen LogP) is 7.35. The van der Waals surface area contributed by atoms with Gasteiger partial charge in [-0.05, 0) is 23.2 Å². The first-order valence-electron chi connectivity index (χ1n) is 21.3.